The fourth-order valence-corrected chi connectivity index (χ4v) is 2.85. The van der Waals surface area contributed by atoms with E-state index in [1.54, 1.807) is 24.5 Å². The second kappa shape index (κ2) is 7.47. The van der Waals surface area contributed by atoms with E-state index >= 15 is 0 Å². The van der Waals surface area contributed by atoms with Gasteiger partial charge >= 0.3 is 0 Å². The Morgan fingerprint density at radius 3 is 2.43 bits per heavy atom. The molecule has 1 aromatic heterocycles. The first-order valence-corrected chi connectivity index (χ1v) is 8.18. The Balaban J connectivity index is 1.47. The third-order valence-electron chi connectivity index (χ3n) is 4.13. The largest absolute Gasteiger partial charge is 0.493 e. The summed E-state index contributed by atoms with van der Waals surface area (Å²) in [6, 6.07) is 10.9. The van der Waals surface area contributed by atoms with Gasteiger partial charge in [-0.1, -0.05) is 11.6 Å². The third-order valence-corrected chi connectivity index (χ3v) is 4.38. The summed E-state index contributed by atoms with van der Waals surface area (Å²) in [5, 5.41) is 0.709. The highest BCUT2D eigenvalue weighted by molar-refractivity contribution is 6.30. The Morgan fingerprint density at radius 1 is 1.13 bits per heavy atom. The molecule has 0 unspecified atom stereocenters. The molecule has 1 aliphatic rings. The van der Waals surface area contributed by atoms with Gasteiger partial charge in [-0.3, -0.25) is 9.78 Å². The number of rotatable bonds is 4. The minimum atomic E-state index is 0.0875. The van der Waals surface area contributed by atoms with E-state index in [1.807, 2.05) is 29.2 Å². The molecular formula is C18H19ClN2O2. The summed E-state index contributed by atoms with van der Waals surface area (Å²) >= 11 is 5.86. The lowest BCUT2D eigenvalue weighted by atomic mass is 9.97. The number of halogens is 1. The van der Waals surface area contributed by atoms with Crippen molar-refractivity contribution >= 4 is 17.5 Å². The van der Waals surface area contributed by atoms with Crippen molar-refractivity contribution in [2.45, 2.75) is 12.8 Å². The van der Waals surface area contributed by atoms with E-state index in [-0.39, 0.29) is 5.91 Å². The molecule has 2 heterocycles. The first-order valence-electron chi connectivity index (χ1n) is 7.80. The average Bonchev–Trinajstić information content (AvgIpc) is 2.62. The molecule has 1 aromatic carbocycles. The van der Waals surface area contributed by atoms with Gasteiger partial charge in [-0.2, -0.15) is 0 Å². The lowest BCUT2D eigenvalue weighted by molar-refractivity contribution is 0.0661. The molecule has 0 atom stereocenters. The van der Waals surface area contributed by atoms with Crippen LogP contribution in [0.4, 0.5) is 0 Å². The smallest absolute Gasteiger partial charge is 0.253 e. The maximum atomic E-state index is 12.4. The number of likely N-dealkylation sites (tertiary alicyclic amines) is 1. The van der Waals surface area contributed by atoms with Crippen molar-refractivity contribution in [3.63, 3.8) is 0 Å². The minimum Gasteiger partial charge on any atom is -0.493 e. The molecule has 4 nitrogen and oxygen atoms in total. The number of carbonyl (C=O) groups is 1. The van der Waals surface area contributed by atoms with Gasteiger partial charge in [0.15, 0.2) is 0 Å². The van der Waals surface area contributed by atoms with Gasteiger partial charge in [0, 0.05) is 36.1 Å². The van der Waals surface area contributed by atoms with Crippen LogP contribution in [0.15, 0.2) is 48.8 Å². The van der Waals surface area contributed by atoms with Crippen molar-refractivity contribution in [1.29, 1.82) is 0 Å². The highest BCUT2D eigenvalue weighted by Gasteiger charge is 2.23. The maximum Gasteiger partial charge on any atom is 0.253 e. The number of pyridine rings is 1. The first-order chi connectivity index (χ1) is 11.2. The molecule has 23 heavy (non-hydrogen) atoms. The normalized spacial score (nSPS) is 15.4. The molecule has 0 spiro atoms. The van der Waals surface area contributed by atoms with Gasteiger partial charge in [0.1, 0.15) is 5.75 Å². The van der Waals surface area contributed by atoms with E-state index < -0.39 is 0 Å². The van der Waals surface area contributed by atoms with Crippen LogP contribution in [-0.2, 0) is 0 Å². The van der Waals surface area contributed by atoms with Crippen molar-refractivity contribution in [3.05, 3.63) is 59.4 Å². The van der Waals surface area contributed by atoms with Gasteiger partial charge < -0.3 is 9.64 Å². The first kappa shape index (κ1) is 15.8. The van der Waals surface area contributed by atoms with Crippen LogP contribution >= 0.6 is 11.6 Å². The molecule has 5 heteroatoms. The lowest BCUT2D eigenvalue weighted by Gasteiger charge is -2.32. The van der Waals surface area contributed by atoms with Crippen molar-refractivity contribution < 1.29 is 9.53 Å². The summed E-state index contributed by atoms with van der Waals surface area (Å²) in [5.74, 6) is 1.40. The number of nitrogens with zero attached hydrogens (tertiary/aromatic N) is 2. The van der Waals surface area contributed by atoms with Gasteiger partial charge in [-0.15, -0.1) is 0 Å². The van der Waals surface area contributed by atoms with Crippen LogP contribution < -0.4 is 4.74 Å². The molecule has 0 saturated carbocycles. The molecule has 1 aliphatic heterocycles. The van der Waals surface area contributed by atoms with Crippen LogP contribution in [0.25, 0.3) is 0 Å². The summed E-state index contributed by atoms with van der Waals surface area (Å²) in [6.45, 7) is 2.23. The van der Waals surface area contributed by atoms with Crippen LogP contribution in [0.1, 0.15) is 23.2 Å². The lowest BCUT2D eigenvalue weighted by Crippen LogP contribution is -2.39. The van der Waals surface area contributed by atoms with E-state index in [0.717, 1.165) is 31.7 Å². The quantitative estimate of drug-likeness (QED) is 0.859. The Morgan fingerprint density at radius 2 is 1.78 bits per heavy atom. The standard InChI is InChI=1S/C18H19ClN2O2/c19-16-1-3-17(4-2-16)23-13-14-7-11-21(12-8-14)18(22)15-5-9-20-10-6-15/h1-6,9-10,14H,7-8,11-13H2. The number of hydrogen-bond donors (Lipinski definition) is 0. The predicted molar refractivity (Wildman–Crippen MR) is 89.8 cm³/mol. The van der Waals surface area contributed by atoms with Crippen molar-refractivity contribution in [3.8, 4) is 5.75 Å². The molecule has 0 aliphatic carbocycles. The monoisotopic (exact) mass is 330 g/mol. The van der Waals surface area contributed by atoms with Gasteiger partial charge in [-0.25, -0.2) is 0 Å². The zero-order valence-corrected chi connectivity index (χ0v) is 13.6. The van der Waals surface area contributed by atoms with E-state index in [9.17, 15) is 4.79 Å². The Labute approximate surface area is 141 Å². The summed E-state index contributed by atoms with van der Waals surface area (Å²) < 4.78 is 5.81. The zero-order chi connectivity index (χ0) is 16.1. The highest BCUT2D eigenvalue weighted by Crippen LogP contribution is 2.21. The van der Waals surface area contributed by atoms with E-state index in [2.05, 4.69) is 4.98 Å². The second-order valence-corrected chi connectivity index (χ2v) is 6.17. The Bertz CT molecular complexity index is 638. The number of hydrogen-bond acceptors (Lipinski definition) is 3. The molecule has 3 rings (SSSR count). The van der Waals surface area contributed by atoms with Crippen molar-refractivity contribution in [2.75, 3.05) is 19.7 Å². The zero-order valence-electron chi connectivity index (χ0n) is 12.8. The van der Waals surface area contributed by atoms with Gasteiger partial charge in [0.2, 0.25) is 0 Å². The van der Waals surface area contributed by atoms with Gasteiger partial charge in [0.25, 0.3) is 5.91 Å². The molecular weight excluding hydrogens is 312 g/mol. The van der Waals surface area contributed by atoms with Crippen molar-refractivity contribution in [1.82, 2.24) is 9.88 Å². The summed E-state index contributed by atoms with van der Waals surface area (Å²) in [6.07, 6.45) is 5.23. The molecule has 1 fully saturated rings. The fraction of sp³-hybridized carbons (Fsp3) is 0.333. The maximum absolute atomic E-state index is 12.4. The van der Waals surface area contributed by atoms with Crippen LogP contribution in [0.5, 0.6) is 5.75 Å². The number of aromatic nitrogens is 1. The average molecular weight is 331 g/mol. The van der Waals surface area contributed by atoms with Crippen LogP contribution in [0.3, 0.4) is 0 Å². The van der Waals surface area contributed by atoms with E-state index in [4.69, 9.17) is 16.3 Å². The number of amides is 1. The topological polar surface area (TPSA) is 42.4 Å². The molecule has 2 aromatic rings. The van der Waals surface area contributed by atoms with Crippen molar-refractivity contribution in [2.24, 2.45) is 5.92 Å². The van der Waals surface area contributed by atoms with E-state index in [1.165, 1.54) is 0 Å². The number of piperidine rings is 1. The number of benzene rings is 1. The minimum absolute atomic E-state index is 0.0875. The summed E-state index contributed by atoms with van der Waals surface area (Å²) in [5.41, 5.74) is 0.705. The Hall–Kier alpha value is -2.07. The fourth-order valence-electron chi connectivity index (χ4n) is 2.72. The second-order valence-electron chi connectivity index (χ2n) is 5.74. The van der Waals surface area contributed by atoms with Gasteiger partial charge in [0.05, 0.1) is 6.61 Å². The molecule has 120 valence electrons. The van der Waals surface area contributed by atoms with Crippen LogP contribution in [-0.4, -0.2) is 35.5 Å². The SMILES string of the molecule is O=C(c1ccncc1)N1CCC(COc2ccc(Cl)cc2)CC1. The molecule has 0 radical (unpaired) electrons. The highest BCUT2D eigenvalue weighted by atomic mass is 35.5. The molecule has 0 bridgehead atoms. The predicted octanol–water partition coefficient (Wildman–Crippen LogP) is 3.67. The molecule has 1 saturated heterocycles. The Kier molecular flexibility index (Phi) is 5.13. The van der Waals surface area contributed by atoms with Gasteiger partial charge in [-0.05, 0) is 55.2 Å². The summed E-state index contributed by atoms with van der Waals surface area (Å²) in [7, 11) is 0. The van der Waals surface area contributed by atoms with Crippen LogP contribution in [0.2, 0.25) is 5.02 Å². The number of ether oxygens (including phenoxy) is 1. The summed E-state index contributed by atoms with van der Waals surface area (Å²) in [4.78, 5) is 18.2. The van der Waals surface area contributed by atoms with E-state index in [0.29, 0.717) is 23.1 Å². The molecule has 1 amide bonds. The third kappa shape index (κ3) is 4.23. The molecule has 0 N–H and O–H groups in total. The van der Waals surface area contributed by atoms with Crippen LogP contribution in [0, 0.1) is 5.92 Å². The number of carbonyl (C=O) groups excluding carboxylic acids is 1.